The van der Waals surface area contributed by atoms with Crippen LogP contribution in [0.1, 0.15) is 39.5 Å². The van der Waals surface area contributed by atoms with Crippen LogP contribution in [0.3, 0.4) is 0 Å². The third-order valence-corrected chi connectivity index (χ3v) is 5.19. The van der Waals surface area contributed by atoms with Crippen molar-refractivity contribution in [1.82, 2.24) is 0 Å². The molecule has 1 aliphatic heterocycles. The molecule has 5 atom stereocenters. The predicted molar refractivity (Wildman–Crippen MR) is 81.5 cm³/mol. The van der Waals surface area contributed by atoms with Gasteiger partial charge in [0.05, 0.1) is 18.8 Å². The highest BCUT2D eigenvalue weighted by Crippen LogP contribution is 2.35. The summed E-state index contributed by atoms with van der Waals surface area (Å²) in [6.07, 6.45) is -2.42. The van der Waals surface area contributed by atoms with Crippen molar-refractivity contribution in [2.45, 2.75) is 75.8 Å². The molecule has 2 fully saturated rings. The van der Waals surface area contributed by atoms with Gasteiger partial charge in [-0.1, -0.05) is 0 Å². The molecule has 0 spiro atoms. The van der Waals surface area contributed by atoms with Gasteiger partial charge < -0.3 is 35.0 Å². The quantitative estimate of drug-likeness (QED) is 0.454. The molecular formula is C16H30O7. The maximum atomic E-state index is 10.0. The molecular weight excluding hydrogens is 304 g/mol. The van der Waals surface area contributed by atoms with E-state index < -0.39 is 42.9 Å². The SMILES string of the molecule is CC(C)(O)C1CCC(CO[C@@H]2O[C@H](CO)[C@@H](O)[C@H](O)[C@H]2O)CC1. The van der Waals surface area contributed by atoms with Crippen molar-refractivity contribution in [3.63, 3.8) is 0 Å². The minimum absolute atomic E-state index is 0.283. The molecule has 2 rings (SSSR count). The first kappa shape index (κ1) is 19.1. The van der Waals surface area contributed by atoms with Gasteiger partial charge in [-0.05, 0) is 51.4 Å². The number of aliphatic hydroxyl groups excluding tert-OH is 4. The van der Waals surface area contributed by atoms with E-state index in [1.165, 1.54) is 0 Å². The van der Waals surface area contributed by atoms with E-state index in [1.54, 1.807) is 0 Å². The molecule has 2 aliphatic rings. The second-order valence-corrected chi connectivity index (χ2v) is 7.40. The van der Waals surface area contributed by atoms with E-state index in [2.05, 4.69) is 0 Å². The zero-order valence-electron chi connectivity index (χ0n) is 13.8. The van der Waals surface area contributed by atoms with Crippen LogP contribution in [0.25, 0.3) is 0 Å². The summed E-state index contributed by atoms with van der Waals surface area (Å²) in [5, 5.41) is 48.6. The van der Waals surface area contributed by atoms with Crippen LogP contribution in [-0.2, 0) is 9.47 Å². The fourth-order valence-corrected chi connectivity index (χ4v) is 3.47. The molecule has 5 N–H and O–H groups in total. The summed E-state index contributed by atoms with van der Waals surface area (Å²) < 4.78 is 10.9. The highest BCUT2D eigenvalue weighted by Gasteiger charge is 2.44. The number of ether oxygens (including phenoxy) is 2. The Morgan fingerprint density at radius 2 is 1.61 bits per heavy atom. The number of hydrogen-bond acceptors (Lipinski definition) is 7. The summed E-state index contributed by atoms with van der Waals surface area (Å²) >= 11 is 0. The van der Waals surface area contributed by atoms with Crippen LogP contribution in [-0.4, -0.2) is 75.1 Å². The third kappa shape index (κ3) is 4.63. The fraction of sp³-hybridized carbons (Fsp3) is 1.00. The van der Waals surface area contributed by atoms with Crippen molar-refractivity contribution in [3.05, 3.63) is 0 Å². The average Bonchev–Trinajstić information content (AvgIpc) is 2.51. The third-order valence-electron chi connectivity index (χ3n) is 5.19. The smallest absolute Gasteiger partial charge is 0.186 e. The molecule has 0 amide bonds. The van der Waals surface area contributed by atoms with Crippen molar-refractivity contribution >= 4 is 0 Å². The average molecular weight is 334 g/mol. The molecule has 0 aromatic heterocycles. The zero-order valence-corrected chi connectivity index (χ0v) is 13.8. The fourth-order valence-electron chi connectivity index (χ4n) is 3.47. The van der Waals surface area contributed by atoms with Crippen molar-refractivity contribution in [2.75, 3.05) is 13.2 Å². The zero-order chi connectivity index (χ0) is 17.2. The van der Waals surface area contributed by atoms with Gasteiger partial charge in [-0.15, -0.1) is 0 Å². The maximum absolute atomic E-state index is 10.0. The molecule has 0 aromatic carbocycles. The first-order valence-electron chi connectivity index (χ1n) is 8.38. The molecule has 7 heteroatoms. The Balaban J connectivity index is 1.80. The van der Waals surface area contributed by atoms with Gasteiger partial charge in [0.1, 0.15) is 24.4 Å². The van der Waals surface area contributed by atoms with Crippen molar-refractivity contribution in [3.8, 4) is 0 Å². The minimum atomic E-state index is -1.41. The van der Waals surface area contributed by atoms with Gasteiger partial charge in [-0.2, -0.15) is 0 Å². The van der Waals surface area contributed by atoms with Gasteiger partial charge >= 0.3 is 0 Å². The van der Waals surface area contributed by atoms with Crippen molar-refractivity contribution in [1.29, 1.82) is 0 Å². The molecule has 136 valence electrons. The highest BCUT2D eigenvalue weighted by molar-refractivity contribution is 4.89. The maximum Gasteiger partial charge on any atom is 0.186 e. The van der Waals surface area contributed by atoms with Crippen LogP contribution in [0.4, 0.5) is 0 Å². The Morgan fingerprint density at radius 1 is 1.00 bits per heavy atom. The number of hydrogen-bond donors (Lipinski definition) is 5. The molecule has 1 heterocycles. The van der Waals surface area contributed by atoms with Gasteiger partial charge in [-0.25, -0.2) is 0 Å². The summed E-state index contributed by atoms with van der Waals surface area (Å²) in [7, 11) is 0. The van der Waals surface area contributed by atoms with E-state index >= 15 is 0 Å². The van der Waals surface area contributed by atoms with E-state index in [9.17, 15) is 20.4 Å². The van der Waals surface area contributed by atoms with Gasteiger partial charge in [0, 0.05) is 0 Å². The molecule has 1 saturated heterocycles. The van der Waals surface area contributed by atoms with Gasteiger partial charge in [0.25, 0.3) is 0 Å². The van der Waals surface area contributed by atoms with Crippen LogP contribution >= 0.6 is 0 Å². The summed E-state index contributed by atoms with van der Waals surface area (Å²) in [6.45, 7) is 3.59. The Kier molecular flexibility index (Phi) is 6.41. The lowest BCUT2D eigenvalue weighted by Crippen LogP contribution is -2.59. The molecule has 0 unspecified atom stereocenters. The van der Waals surface area contributed by atoms with Crippen molar-refractivity contribution in [2.24, 2.45) is 11.8 Å². The van der Waals surface area contributed by atoms with Gasteiger partial charge in [0.15, 0.2) is 6.29 Å². The minimum Gasteiger partial charge on any atom is -0.394 e. The van der Waals surface area contributed by atoms with E-state index in [1.807, 2.05) is 13.8 Å². The standard InChI is InChI=1S/C16H30O7/c1-16(2,21)10-5-3-9(4-6-10)8-22-15-14(20)13(19)12(18)11(7-17)23-15/h9-15,17-21H,3-8H2,1-2H3/t9?,10?,11-,12-,13+,14-,15-/m1/s1. The summed E-state index contributed by atoms with van der Waals surface area (Å²) in [5.41, 5.74) is -0.664. The van der Waals surface area contributed by atoms with Gasteiger partial charge in [0.2, 0.25) is 0 Å². The Morgan fingerprint density at radius 3 is 2.13 bits per heavy atom. The first-order valence-corrected chi connectivity index (χ1v) is 8.38. The Hall–Kier alpha value is -0.280. The lowest BCUT2D eigenvalue weighted by atomic mass is 9.75. The largest absolute Gasteiger partial charge is 0.394 e. The van der Waals surface area contributed by atoms with Crippen LogP contribution < -0.4 is 0 Å². The summed E-state index contributed by atoms with van der Waals surface area (Å²) in [6, 6.07) is 0. The second-order valence-electron chi connectivity index (χ2n) is 7.40. The number of aliphatic hydroxyl groups is 5. The molecule has 0 aromatic rings. The van der Waals surface area contributed by atoms with Crippen LogP contribution in [0.2, 0.25) is 0 Å². The van der Waals surface area contributed by atoms with Crippen LogP contribution in [0.5, 0.6) is 0 Å². The van der Waals surface area contributed by atoms with Crippen LogP contribution in [0.15, 0.2) is 0 Å². The predicted octanol–water partition coefficient (Wildman–Crippen LogP) is -0.620. The highest BCUT2D eigenvalue weighted by atomic mass is 16.7. The molecule has 1 aliphatic carbocycles. The monoisotopic (exact) mass is 334 g/mol. The number of rotatable bonds is 5. The Labute approximate surface area is 136 Å². The second kappa shape index (κ2) is 7.74. The first-order chi connectivity index (χ1) is 10.7. The lowest BCUT2D eigenvalue weighted by molar-refractivity contribution is -0.303. The molecule has 0 bridgehead atoms. The van der Waals surface area contributed by atoms with Crippen LogP contribution in [0, 0.1) is 11.8 Å². The Bertz CT molecular complexity index is 360. The van der Waals surface area contributed by atoms with E-state index in [0.717, 1.165) is 25.7 Å². The molecule has 0 radical (unpaired) electrons. The molecule has 1 saturated carbocycles. The van der Waals surface area contributed by atoms with E-state index in [-0.39, 0.29) is 5.92 Å². The molecule has 23 heavy (non-hydrogen) atoms. The van der Waals surface area contributed by atoms with E-state index in [4.69, 9.17) is 14.6 Å². The molecule has 7 nitrogen and oxygen atoms in total. The van der Waals surface area contributed by atoms with Crippen molar-refractivity contribution < 1.29 is 35.0 Å². The summed E-state index contributed by atoms with van der Waals surface area (Å²) in [4.78, 5) is 0. The van der Waals surface area contributed by atoms with E-state index in [0.29, 0.717) is 12.5 Å². The van der Waals surface area contributed by atoms with Gasteiger partial charge in [-0.3, -0.25) is 0 Å². The summed E-state index contributed by atoms with van der Waals surface area (Å²) in [5.74, 6) is 0.590. The normalized spacial score (nSPS) is 42.7. The lowest BCUT2D eigenvalue weighted by Gasteiger charge is -2.40. The topological polar surface area (TPSA) is 120 Å².